The maximum absolute atomic E-state index is 4.82. The van der Waals surface area contributed by atoms with Crippen LogP contribution in [0.1, 0.15) is 153 Å². The molecule has 0 amide bonds. The van der Waals surface area contributed by atoms with Gasteiger partial charge >= 0.3 is 0 Å². The van der Waals surface area contributed by atoms with E-state index in [-0.39, 0.29) is 16.1 Å². The van der Waals surface area contributed by atoms with E-state index in [1.165, 1.54) is 99.3 Å². The minimum absolute atomic E-state index is 0.0569. The monoisotopic (exact) mass is 924 g/mol. The van der Waals surface area contributed by atoms with E-state index in [4.69, 9.17) is 15.0 Å². The Morgan fingerprint density at radius 1 is 0.400 bits per heavy atom. The predicted octanol–water partition coefficient (Wildman–Crippen LogP) is 16.3. The minimum atomic E-state index is 0.0569. The van der Waals surface area contributed by atoms with E-state index in [1.54, 1.807) is 0 Å². The third-order valence-electron chi connectivity index (χ3n) is 11.5. The van der Waals surface area contributed by atoms with Crippen LogP contribution in [0.2, 0.25) is 0 Å². The molecule has 3 N–H and O–H groups in total. The zero-order chi connectivity index (χ0) is 45.2. The van der Waals surface area contributed by atoms with Crippen molar-refractivity contribution in [3.63, 3.8) is 0 Å². The van der Waals surface area contributed by atoms with Crippen LogP contribution in [0.3, 0.4) is 0 Å². The van der Waals surface area contributed by atoms with Crippen molar-refractivity contribution in [1.82, 2.24) is 15.0 Å². The molecule has 3 unspecified atom stereocenters. The van der Waals surface area contributed by atoms with Crippen LogP contribution >= 0.6 is 35.3 Å². The fourth-order valence-electron chi connectivity index (χ4n) is 7.77. The van der Waals surface area contributed by atoms with Gasteiger partial charge in [0.05, 0.1) is 17.1 Å². The van der Waals surface area contributed by atoms with E-state index < -0.39 is 0 Å². The molecule has 0 saturated heterocycles. The lowest BCUT2D eigenvalue weighted by Crippen LogP contribution is -2.12. The first kappa shape index (κ1) is 50.0. The molecule has 3 heterocycles. The van der Waals surface area contributed by atoms with Crippen molar-refractivity contribution in [1.29, 1.82) is 0 Å². The number of pyridine rings is 3. The molecule has 0 spiro atoms. The molecule has 6 rings (SSSR count). The third kappa shape index (κ3) is 17.7. The highest BCUT2D eigenvalue weighted by molar-refractivity contribution is 8.00. The Kier molecular flexibility index (Phi) is 22.5. The summed E-state index contributed by atoms with van der Waals surface area (Å²) >= 11 is 5.88. The molecule has 65 heavy (non-hydrogen) atoms. The summed E-state index contributed by atoms with van der Waals surface area (Å²) in [6, 6.07) is 43.8. The molecule has 9 heteroatoms. The Morgan fingerprint density at radius 2 is 0.800 bits per heavy atom. The van der Waals surface area contributed by atoms with Crippen LogP contribution in [0.5, 0.6) is 0 Å². The summed E-state index contributed by atoms with van der Waals surface area (Å²) in [5.41, 5.74) is 11.8. The summed E-state index contributed by atoms with van der Waals surface area (Å²) in [6.07, 6.45) is 22.5. The first-order valence-electron chi connectivity index (χ1n) is 24.3. The number of hydrogen-bond acceptors (Lipinski definition) is 9. The molecule has 0 aliphatic carbocycles. The molecule has 0 bridgehead atoms. The second-order valence-electron chi connectivity index (χ2n) is 16.9. The Balaban J connectivity index is 1.19. The molecular weight excluding hydrogens is 853 g/mol. The average Bonchev–Trinajstić information content (AvgIpc) is 3.35. The highest BCUT2D eigenvalue weighted by atomic mass is 32.2. The molecule has 0 aliphatic heterocycles. The number of nitrogens with one attached hydrogen (secondary N) is 3. The maximum atomic E-state index is 4.82. The first-order chi connectivity index (χ1) is 32.1. The van der Waals surface area contributed by atoms with E-state index in [1.807, 2.05) is 72.1 Å². The van der Waals surface area contributed by atoms with Gasteiger partial charge in [-0.15, -0.1) is 35.3 Å². The fraction of sp³-hybridized carbons (Fsp3) is 0.411. The molecular formula is C56H72N6S3. The van der Waals surface area contributed by atoms with Crippen molar-refractivity contribution < 1.29 is 0 Å². The molecule has 344 valence electrons. The van der Waals surface area contributed by atoms with Gasteiger partial charge in [0.2, 0.25) is 0 Å². The van der Waals surface area contributed by atoms with Crippen molar-refractivity contribution in [3.05, 3.63) is 179 Å². The van der Waals surface area contributed by atoms with Gasteiger partial charge in [0, 0.05) is 35.7 Å². The second kappa shape index (κ2) is 29.3. The van der Waals surface area contributed by atoms with Gasteiger partial charge in [-0.05, 0) is 138 Å². The predicted molar refractivity (Wildman–Crippen MR) is 287 cm³/mol. The number of benzene rings is 3. The normalized spacial score (nSPS) is 12.7. The van der Waals surface area contributed by atoms with Crippen LogP contribution in [-0.4, -0.2) is 32.2 Å². The summed E-state index contributed by atoms with van der Waals surface area (Å²) in [4.78, 5) is 14.3. The van der Waals surface area contributed by atoms with Gasteiger partial charge in [0.1, 0.15) is 16.1 Å². The van der Waals surface area contributed by atoms with Crippen molar-refractivity contribution >= 4 is 52.3 Å². The largest absolute Gasteiger partial charge is 0.368 e. The summed E-state index contributed by atoms with van der Waals surface area (Å²) < 4.78 is 0. The van der Waals surface area contributed by atoms with Crippen molar-refractivity contribution in [2.45, 2.75) is 127 Å². The molecule has 0 fully saturated rings. The third-order valence-corrected chi connectivity index (χ3v) is 15.1. The zero-order valence-corrected chi connectivity index (χ0v) is 41.5. The van der Waals surface area contributed by atoms with Crippen molar-refractivity contribution in [3.8, 4) is 0 Å². The molecule has 3 aromatic carbocycles. The smallest absolute Gasteiger partial charge is 0.115 e. The maximum Gasteiger partial charge on any atom is 0.115 e. The van der Waals surface area contributed by atoms with Gasteiger partial charge in [0.25, 0.3) is 0 Å². The number of thioether (sulfide) groups is 3. The van der Waals surface area contributed by atoms with E-state index in [9.17, 15) is 0 Å². The lowest BCUT2D eigenvalue weighted by atomic mass is 9.97. The van der Waals surface area contributed by atoms with E-state index in [0.717, 1.165) is 64.2 Å². The van der Waals surface area contributed by atoms with Gasteiger partial charge in [-0.2, -0.15) is 0 Å². The van der Waals surface area contributed by atoms with Gasteiger partial charge in [-0.1, -0.05) is 133 Å². The quantitative estimate of drug-likeness (QED) is 0.0292. The highest BCUT2D eigenvalue weighted by Crippen LogP contribution is 2.35. The fourth-order valence-corrected chi connectivity index (χ4v) is 11.2. The molecule has 3 atom stereocenters. The molecule has 3 aromatic heterocycles. The molecule has 6 nitrogen and oxygen atoms in total. The van der Waals surface area contributed by atoms with Gasteiger partial charge in [-0.3, -0.25) is 15.0 Å². The lowest BCUT2D eigenvalue weighted by molar-refractivity contribution is 0.706. The van der Waals surface area contributed by atoms with Crippen molar-refractivity contribution in [2.24, 2.45) is 0 Å². The number of anilines is 3. The van der Waals surface area contributed by atoms with Gasteiger partial charge < -0.3 is 16.0 Å². The number of rotatable bonds is 31. The second-order valence-corrected chi connectivity index (χ2v) is 20.5. The SMILES string of the molecule is CCCCCCSC(Nc1ccc(Cc2ccc(NC(SCCCCCC)c3ccccn3)c(Cc3ccc(NC(SCCCCCC)c4ccccn4)cc3)c2)cc1)c1ccccn1. The number of nitrogens with zero attached hydrogens (tertiary/aromatic N) is 3. The van der Waals surface area contributed by atoms with E-state index >= 15 is 0 Å². The summed E-state index contributed by atoms with van der Waals surface area (Å²) in [5, 5.41) is 11.9. The van der Waals surface area contributed by atoms with Crippen LogP contribution in [0.25, 0.3) is 0 Å². The zero-order valence-electron chi connectivity index (χ0n) is 39.1. The van der Waals surface area contributed by atoms with Crippen LogP contribution in [0, 0.1) is 0 Å². The summed E-state index contributed by atoms with van der Waals surface area (Å²) in [6.45, 7) is 6.81. The minimum Gasteiger partial charge on any atom is -0.368 e. The standard InChI is InChI=1S/C56H72N6S3/c1-4-7-10-19-38-63-54(51-22-13-16-35-57-51)60-48-30-25-44(26-31-48)41-46-29-34-50(62-56(53-24-15-18-37-59-53)65-40-21-12-9-6-3)47(43-46)42-45-27-32-49(33-28-45)61-55(52-23-14-17-36-58-52)64-39-20-11-8-5-2/h13-18,22-37,43,54-56,60-62H,4-12,19-21,38-42H2,1-3H3. The lowest BCUT2D eigenvalue weighted by Gasteiger charge is -2.22. The Morgan fingerprint density at radius 3 is 1.20 bits per heavy atom. The van der Waals surface area contributed by atoms with Crippen LogP contribution in [-0.2, 0) is 12.8 Å². The van der Waals surface area contributed by atoms with E-state index in [2.05, 4.69) is 140 Å². The number of aromatic nitrogens is 3. The Hall–Kier alpha value is -4.44. The van der Waals surface area contributed by atoms with Gasteiger partial charge in [0.15, 0.2) is 0 Å². The van der Waals surface area contributed by atoms with Crippen LogP contribution < -0.4 is 16.0 Å². The first-order valence-corrected chi connectivity index (χ1v) is 27.4. The van der Waals surface area contributed by atoms with Crippen LogP contribution in [0.4, 0.5) is 17.1 Å². The Bertz CT molecular complexity index is 2160. The molecule has 6 aromatic rings. The number of hydrogen-bond donors (Lipinski definition) is 3. The molecule has 0 radical (unpaired) electrons. The van der Waals surface area contributed by atoms with Crippen molar-refractivity contribution in [2.75, 3.05) is 33.2 Å². The Labute approximate surface area is 404 Å². The van der Waals surface area contributed by atoms with Gasteiger partial charge in [-0.25, -0.2) is 0 Å². The highest BCUT2D eigenvalue weighted by Gasteiger charge is 2.18. The van der Waals surface area contributed by atoms with E-state index in [0.29, 0.717) is 0 Å². The topological polar surface area (TPSA) is 74.8 Å². The summed E-state index contributed by atoms with van der Waals surface area (Å²) in [7, 11) is 0. The molecule has 0 aliphatic rings. The molecule has 0 saturated carbocycles. The summed E-state index contributed by atoms with van der Waals surface area (Å²) in [5.74, 6) is 3.32. The van der Waals surface area contributed by atoms with Crippen LogP contribution in [0.15, 0.2) is 140 Å². The average molecular weight is 925 g/mol. The number of unbranched alkanes of at least 4 members (excludes halogenated alkanes) is 9.